The van der Waals surface area contributed by atoms with Crippen molar-refractivity contribution in [3.8, 4) is 0 Å². The molecule has 0 aromatic heterocycles. The number of nitrogens with zero attached hydrogens (tertiary/aromatic N) is 1. The zero-order valence-corrected chi connectivity index (χ0v) is 15.5. The predicted octanol–water partition coefficient (Wildman–Crippen LogP) is 3.95. The number of hydrogen-bond donors (Lipinski definition) is 1. The molecule has 1 aliphatic rings. The first-order valence-corrected chi connectivity index (χ1v) is 9.98. The van der Waals surface area contributed by atoms with Gasteiger partial charge in [-0.1, -0.05) is 60.2 Å². The fraction of sp³-hybridized carbons (Fsp3) is 0.0952. The molecular weight excluding hydrogens is 360 g/mol. The molecule has 3 aromatic carbocycles. The summed E-state index contributed by atoms with van der Waals surface area (Å²) in [5.74, 6) is -0.543. The normalized spacial score (nSPS) is 16.6. The second kappa shape index (κ2) is 6.55. The molecule has 1 unspecified atom stereocenters. The molecule has 1 aliphatic heterocycles. The number of anilines is 1. The van der Waals surface area contributed by atoms with Gasteiger partial charge >= 0.3 is 0 Å². The van der Waals surface area contributed by atoms with Gasteiger partial charge in [-0.25, -0.2) is 12.7 Å². The van der Waals surface area contributed by atoms with E-state index in [1.54, 1.807) is 42.5 Å². The molecule has 1 amide bonds. The third-order valence-corrected chi connectivity index (χ3v) is 6.34. The maximum absolute atomic E-state index is 13.4. The third-order valence-electron chi connectivity index (χ3n) is 4.58. The number of nitrogens with one attached hydrogen (secondary N) is 1. The fourth-order valence-electron chi connectivity index (χ4n) is 3.16. The van der Waals surface area contributed by atoms with E-state index in [9.17, 15) is 13.2 Å². The summed E-state index contributed by atoms with van der Waals surface area (Å²) in [6.45, 7) is 1.88. The Kier molecular flexibility index (Phi) is 4.20. The van der Waals surface area contributed by atoms with Crippen LogP contribution in [0.2, 0.25) is 0 Å². The van der Waals surface area contributed by atoms with E-state index < -0.39 is 22.1 Å². The van der Waals surface area contributed by atoms with Crippen LogP contribution in [0, 0.1) is 6.92 Å². The van der Waals surface area contributed by atoms with Crippen LogP contribution in [0.1, 0.15) is 27.7 Å². The van der Waals surface area contributed by atoms with E-state index in [0.29, 0.717) is 16.8 Å². The summed E-state index contributed by atoms with van der Waals surface area (Å²) in [5.41, 5.74) is 2.59. The monoisotopic (exact) mass is 378 g/mol. The highest BCUT2D eigenvalue weighted by atomic mass is 32.2. The van der Waals surface area contributed by atoms with Gasteiger partial charge in [0.2, 0.25) is 0 Å². The summed E-state index contributed by atoms with van der Waals surface area (Å²) in [6.07, 6.45) is -0.820. The molecule has 0 spiro atoms. The average Bonchev–Trinajstić information content (AvgIpc) is 2.68. The van der Waals surface area contributed by atoms with Crippen LogP contribution >= 0.6 is 0 Å². The van der Waals surface area contributed by atoms with Crippen LogP contribution in [0.4, 0.5) is 5.69 Å². The van der Waals surface area contributed by atoms with Gasteiger partial charge in [0.25, 0.3) is 15.9 Å². The van der Waals surface area contributed by atoms with Gasteiger partial charge in [-0.05, 0) is 36.8 Å². The van der Waals surface area contributed by atoms with Crippen LogP contribution in [-0.4, -0.2) is 18.6 Å². The largest absolute Gasteiger partial charge is 0.360 e. The molecule has 27 heavy (non-hydrogen) atoms. The summed E-state index contributed by atoms with van der Waals surface area (Å²) < 4.78 is 27.7. The van der Waals surface area contributed by atoms with Crippen LogP contribution in [0.3, 0.4) is 0 Å². The highest BCUT2D eigenvalue weighted by Crippen LogP contribution is 2.36. The molecule has 0 saturated carbocycles. The minimum Gasteiger partial charge on any atom is -0.360 e. The molecule has 1 N–H and O–H groups in total. The topological polar surface area (TPSA) is 66.5 Å². The van der Waals surface area contributed by atoms with Gasteiger partial charge in [0.05, 0.1) is 10.5 Å². The van der Waals surface area contributed by atoms with Gasteiger partial charge in [-0.3, -0.25) is 4.79 Å². The van der Waals surface area contributed by atoms with E-state index in [0.717, 1.165) is 9.87 Å². The summed E-state index contributed by atoms with van der Waals surface area (Å²) >= 11 is 0. The molecule has 4 rings (SSSR count). The summed E-state index contributed by atoms with van der Waals surface area (Å²) in [5, 5.41) is 3.21. The second-order valence-corrected chi connectivity index (χ2v) is 8.24. The Bertz CT molecular complexity index is 1090. The molecule has 0 radical (unpaired) electrons. The average molecular weight is 378 g/mol. The van der Waals surface area contributed by atoms with E-state index in [-0.39, 0.29) is 4.90 Å². The highest BCUT2D eigenvalue weighted by molar-refractivity contribution is 7.89. The number of sulfonamides is 1. The van der Waals surface area contributed by atoms with E-state index >= 15 is 0 Å². The Morgan fingerprint density at radius 2 is 1.48 bits per heavy atom. The molecule has 0 saturated heterocycles. The first kappa shape index (κ1) is 17.3. The molecule has 3 aromatic rings. The van der Waals surface area contributed by atoms with E-state index in [1.807, 2.05) is 31.2 Å². The van der Waals surface area contributed by atoms with Gasteiger partial charge < -0.3 is 5.32 Å². The Morgan fingerprint density at radius 3 is 2.19 bits per heavy atom. The zero-order valence-electron chi connectivity index (χ0n) is 14.7. The van der Waals surface area contributed by atoms with Gasteiger partial charge in [0, 0.05) is 5.69 Å². The van der Waals surface area contributed by atoms with Crippen molar-refractivity contribution in [2.45, 2.75) is 18.0 Å². The third kappa shape index (κ3) is 2.98. The van der Waals surface area contributed by atoms with Crippen LogP contribution in [0.15, 0.2) is 83.8 Å². The molecule has 6 heteroatoms. The van der Waals surface area contributed by atoms with Gasteiger partial charge in [-0.2, -0.15) is 0 Å². The summed E-state index contributed by atoms with van der Waals surface area (Å²) in [4.78, 5) is 13.3. The number of rotatable bonds is 3. The number of aryl methyl sites for hydroxylation is 1. The maximum Gasteiger partial charge on any atom is 0.271 e. The number of para-hydroxylation sites is 1. The Balaban J connectivity index is 1.89. The SMILES string of the molecule is Cc1ccc(S(=O)(=O)N2C(=O)c3ccccc3NC2c2ccccc2)cc1. The smallest absolute Gasteiger partial charge is 0.271 e. The molecular formula is C21H18N2O3S. The van der Waals surface area contributed by atoms with E-state index in [4.69, 9.17) is 0 Å². The Labute approximate surface area is 158 Å². The molecule has 1 atom stereocenters. The molecule has 1 heterocycles. The molecule has 0 bridgehead atoms. The van der Waals surface area contributed by atoms with Crippen molar-refractivity contribution >= 4 is 21.6 Å². The van der Waals surface area contributed by atoms with Gasteiger partial charge in [-0.15, -0.1) is 0 Å². The molecule has 136 valence electrons. The van der Waals surface area contributed by atoms with Crippen molar-refractivity contribution in [2.24, 2.45) is 0 Å². The number of carbonyl (C=O) groups excluding carboxylic acids is 1. The minimum atomic E-state index is -4.05. The lowest BCUT2D eigenvalue weighted by atomic mass is 10.1. The highest BCUT2D eigenvalue weighted by Gasteiger charge is 2.41. The maximum atomic E-state index is 13.4. The first-order valence-electron chi connectivity index (χ1n) is 8.54. The van der Waals surface area contributed by atoms with Crippen molar-refractivity contribution < 1.29 is 13.2 Å². The number of hydrogen-bond acceptors (Lipinski definition) is 4. The molecule has 0 fully saturated rings. The van der Waals surface area contributed by atoms with Gasteiger partial charge in [0.1, 0.15) is 6.17 Å². The van der Waals surface area contributed by atoms with E-state index in [2.05, 4.69) is 5.32 Å². The van der Waals surface area contributed by atoms with Crippen LogP contribution < -0.4 is 5.32 Å². The predicted molar refractivity (Wildman–Crippen MR) is 104 cm³/mol. The number of amides is 1. The number of benzene rings is 3. The van der Waals surface area contributed by atoms with Crippen LogP contribution in [-0.2, 0) is 10.0 Å². The Hall–Kier alpha value is -3.12. The lowest BCUT2D eigenvalue weighted by Gasteiger charge is -2.37. The summed E-state index contributed by atoms with van der Waals surface area (Å²) in [6, 6.07) is 22.5. The second-order valence-electron chi connectivity index (χ2n) is 6.42. The van der Waals surface area contributed by atoms with Crippen LogP contribution in [0.25, 0.3) is 0 Å². The van der Waals surface area contributed by atoms with Crippen molar-refractivity contribution in [3.63, 3.8) is 0 Å². The summed E-state index contributed by atoms with van der Waals surface area (Å²) in [7, 11) is -4.05. The number of carbonyl (C=O) groups is 1. The van der Waals surface area contributed by atoms with Crippen LogP contribution in [0.5, 0.6) is 0 Å². The van der Waals surface area contributed by atoms with Gasteiger partial charge in [0.15, 0.2) is 0 Å². The fourth-order valence-corrected chi connectivity index (χ4v) is 4.64. The molecule has 0 aliphatic carbocycles. The van der Waals surface area contributed by atoms with Crippen molar-refractivity contribution in [3.05, 3.63) is 95.6 Å². The van der Waals surface area contributed by atoms with Crippen molar-refractivity contribution in [1.82, 2.24) is 4.31 Å². The standard InChI is InChI=1S/C21H18N2O3S/c1-15-11-13-17(14-12-15)27(25,26)23-20(16-7-3-2-4-8-16)22-19-10-6-5-9-18(19)21(23)24/h2-14,20,22H,1H3. The quantitative estimate of drug-likeness (QED) is 0.749. The van der Waals surface area contributed by atoms with Crippen molar-refractivity contribution in [2.75, 3.05) is 5.32 Å². The minimum absolute atomic E-state index is 0.0866. The lowest BCUT2D eigenvalue weighted by Crippen LogP contribution is -2.46. The lowest BCUT2D eigenvalue weighted by molar-refractivity contribution is 0.0821. The molecule has 5 nitrogen and oxygen atoms in total. The Morgan fingerprint density at radius 1 is 0.852 bits per heavy atom. The first-order chi connectivity index (χ1) is 13.0. The number of fused-ring (bicyclic) bond motifs is 1. The van der Waals surface area contributed by atoms with Crippen molar-refractivity contribution in [1.29, 1.82) is 0 Å². The van der Waals surface area contributed by atoms with E-state index in [1.165, 1.54) is 12.1 Å². The zero-order chi connectivity index (χ0) is 19.0.